The zero-order valence-corrected chi connectivity index (χ0v) is 14.3. The van der Waals surface area contributed by atoms with Gasteiger partial charge >= 0.3 is 0 Å². The number of nitrogens with zero attached hydrogens (tertiary/aromatic N) is 4. The first-order valence-corrected chi connectivity index (χ1v) is 8.64. The van der Waals surface area contributed by atoms with Gasteiger partial charge < -0.3 is 4.42 Å². The van der Waals surface area contributed by atoms with E-state index >= 15 is 0 Å². The van der Waals surface area contributed by atoms with Crippen molar-refractivity contribution in [3.63, 3.8) is 0 Å². The molecular weight excluding hydrogens is 352 g/mol. The Bertz CT molecular complexity index is 1120. The third-order valence-electron chi connectivity index (χ3n) is 4.63. The van der Waals surface area contributed by atoms with Crippen molar-refractivity contribution in [3.05, 3.63) is 70.9 Å². The van der Waals surface area contributed by atoms with E-state index in [-0.39, 0.29) is 11.7 Å². The highest BCUT2D eigenvalue weighted by Crippen LogP contribution is 2.32. The number of halogens is 1. The lowest BCUT2D eigenvalue weighted by Crippen LogP contribution is -2.21. The lowest BCUT2D eigenvalue weighted by molar-refractivity contribution is 0.0958. The van der Waals surface area contributed by atoms with Crippen LogP contribution in [0.1, 0.15) is 34.2 Å². The maximum Gasteiger partial charge on any atom is 0.252 e. The third-order valence-corrected chi connectivity index (χ3v) is 4.88. The number of furan rings is 1. The Kier molecular flexibility index (Phi) is 3.39. The van der Waals surface area contributed by atoms with Crippen LogP contribution in [-0.2, 0) is 6.42 Å². The van der Waals surface area contributed by atoms with Crippen LogP contribution < -0.4 is 0 Å². The molecule has 0 aliphatic heterocycles. The van der Waals surface area contributed by atoms with Crippen LogP contribution in [-0.4, -0.2) is 25.4 Å². The Morgan fingerprint density at radius 1 is 1.12 bits per heavy atom. The van der Waals surface area contributed by atoms with E-state index in [0.29, 0.717) is 35.0 Å². The number of hydrogen-bond acceptors (Lipinski definition) is 5. The number of fused-ring (bicyclic) bond motifs is 2. The van der Waals surface area contributed by atoms with Crippen LogP contribution in [0.4, 0.5) is 0 Å². The molecule has 128 valence electrons. The summed E-state index contributed by atoms with van der Waals surface area (Å²) in [5, 5.41) is 5.11. The molecule has 0 saturated heterocycles. The van der Waals surface area contributed by atoms with Crippen molar-refractivity contribution in [1.82, 2.24) is 19.6 Å². The number of carbonyl (C=O) groups excluding carboxylic acids is 1. The second kappa shape index (κ2) is 5.78. The second-order valence-electron chi connectivity index (χ2n) is 6.33. The van der Waals surface area contributed by atoms with E-state index in [1.807, 2.05) is 24.3 Å². The van der Waals surface area contributed by atoms with Gasteiger partial charge in [0.25, 0.3) is 5.78 Å². The van der Waals surface area contributed by atoms with Gasteiger partial charge in [-0.25, -0.2) is 9.50 Å². The quantitative estimate of drug-likeness (QED) is 0.538. The van der Waals surface area contributed by atoms with Gasteiger partial charge in [-0.1, -0.05) is 11.6 Å². The molecule has 1 aliphatic carbocycles. The minimum Gasteiger partial charge on any atom is -0.469 e. The van der Waals surface area contributed by atoms with Gasteiger partial charge in [0.15, 0.2) is 11.6 Å². The van der Waals surface area contributed by atoms with Crippen LogP contribution in [0.25, 0.3) is 17.2 Å². The van der Waals surface area contributed by atoms with E-state index in [9.17, 15) is 4.79 Å². The number of hydrogen-bond donors (Lipinski definition) is 0. The fraction of sp³-hybridized carbons (Fsp3) is 0.158. The van der Waals surface area contributed by atoms with Crippen molar-refractivity contribution in [2.45, 2.75) is 18.8 Å². The summed E-state index contributed by atoms with van der Waals surface area (Å²) < 4.78 is 7.03. The average Bonchev–Trinajstić information content (AvgIpc) is 3.30. The summed E-state index contributed by atoms with van der Waals surface area (Å²) in [7, 11) is 0. The number of Topliss-reactive ketones (excluding diaryl/α,β-unsaturated/α-hetero) is 1. The van der Waals surface area contributed by atoms with Gasteiger partial charge in [-0.05, 0) is 36.4 Å². The van der Waals surface area contributed by atoms with E-state index in [1.54, 1.807) is 29.1 Å². The number of aromatic nitrogens is 4. The van der Waals surface area contributed by atoms with E-state index in [1.165, 1.54) is 0 Å². The predicted molar refractivity (Wildman–Crippen MR) is 95.3 cm³/mol. The van der Waals surface area contributed by atoms with Gasteiger partial charge in [-0.15, -0.1) is 5.10 Å². The van der Waals surface area contributed by atoms with Gasteiger partial charge in [0.05, 0.1) is 17.5 Å². The van der Waals surface area contributed by atoms with Crippen LogP contribution in [0.15, 0.2) is 53.3 Å². The molecule has 6 nitrogen and oxygen atoms in total. The summed E-state index contributed by atoms with van der Waals surface area (Å²) in [4.78, 5) is 21.7. The zero-order chi connectivity index (χ0) is 17.7. The normalized spacial score (nSPS) is 16.8. The largest absolute Gasteiger partial charge is 0.469 e. The van der Waals surface area contributed by atoms with Gasteiger partial charge in [-0.3, -0.25) is 4.79 Å². The van der Waals surface area contributed by atoms with Gasteiger partial charge in [0, 0.05) is 35.5 Å². The van der Waals surface area contributed by atoms with Crippen molar-refractivity contribution in [3.8, 4) is 11.4 Å². The summed E-state index contributed by atoms with van der Waals surface area (Å²) in [6, 6.07) is 11.0. The first-order valence-electron chi connectivity index (χ1n) is 8.26. The standard InChI is InChI=1S/C19H13ClN4O2/c20-13-5-3-11(4-6-13)18-22-19-21-15-8-12(17-2-1-7-26-17)9-16(25)14(15)10-24(19)23-18/h1-7,10,12H,8-9H2/t12-/m1/s1. The highest BCUT2D eigenvalue weighted by molar-refractivity contribution is 6.30. The summed E-state index contributed by atoms with van der Waals surface area (Å²) in [6.45, 7) is 0. The third kappa shape index (κ3) is 2.50. The maximum absolute atomic E-state index is 12.6. The minimum atomic E-state index is 0.0126. The van der Waals surface area contributed by atoms with Crippen molar-refractivity contribution in [2.75, 3.05) is 0 Å². The molecule has 1 atom stereocenters. The van der Waals surface area contributed by atoms with Gasteiger partial charge in [-0.2, -0.15) is 4.98 Å². The maximum atomic E-state index is 12.6. The smallest absolute Gasteiger partial charge is 0.252 e. The van der Waals surface area contributed by atoms with Crippen LogP contribution in [0.3, 0.4) is 0 Å². The fourth-order valence-electron chi connectivity index (χ4n) is 3.33. The Hall–Kier alpha value is -2.99. The van der Waals surface area contributed by atoms with E-state index in [0.717, 1.165) is 17.0 Å². The lowest BCUT2D eigenvalue weighted by atomic mass is 9.85. The van der Waals surface area contributed by atoms with E-state index in [2.05, 4.69) is 15.1 Å². The fourth-order valence-corrected chi connectivity index (χ4v) is 3.46. The lowest BCUT2D eigenvalue weighted by Gasteiger charge is -2.20. The molecule has 0 unspecified atom stereocenters. The highest BCUT2D eigenvalue weighted by atomic mass is 35.5. The average molecular weight is 365 g/mol. The van der Waals surface area contributed by atoms with Crippen LogP contribution in [0.5, 0.6) is 0 Å². The molecule has 0 spiro atoms. The highest BCUT2D eigenvalue weighted by Gasteiger charge is 2.30. The number of benzene rings is 1. The molecule has 1 aromatic carbocycles. The molecule has 0 saturated carbocycles. The molecule has 0 fully saturated rings. The summed E-state index contributed by atoms with van der Waals surface area (Å²) in [5.41, 5.74) is 2.19. The molecule has 3 heterocycles. The first kappa shape index (κ1) is 15.3. The molecule has 3 aromatic heterocycles. The molecule has 0 bridgehead atoms. The molecule has 7 heteroatoms. The Labute approximate surface area is 153 Å². The van der Waals surface area contributed by atoms with Crippen molar-refractivity contribution < 1.29 is 9.21 Å². The Balaban J connectivity index is 1.57. The first-order chi connectivity index (χ1) is 12.7. The van der Waals surface area contributed by atoms with E-state index < -0.39 is 0 Å². The minimum absolute atomic E-state index is 0.0126. The molecule has 4 aromatic rings. The number of carbonyl (C=O) groups is 1. The summed E-state index contributed by atoms with van der Waals surface area (Å²) in [5.74, 6) is 1.89. The van der Waals surface area contributed by atoms with Crippen LogP contribution in [0.2, 0.25) is 5.02 Å². The molecular formula is C19H13ClN4O2. The molecule has 0 radical (unpaired) electrons. The predicted octanol–water partition coefficient (Wildman–Crippen LogP) is 3.95. The van der Waals surface area contributed by atoms with Crippen molar-refractivity contribution in [1.29, 1.82) is 0 Å². The second-order valence-corrected chi connectivity index (χ2v) is 6.77. The molecule has 1 aliphatic rings. The van der Waals surface area contributed by atoms with Gasteiger partial charge in [0.2, 0.25) is 0 Å². The topological polar surface area (TPSA) is 73.3 Å². The summed E-state index contributed by atoms with van der Waals surface area (Å²) in [6.07, 6.45) is 4.41. The van der Waals surface area contributed by atoms with Crippen molar-refractivity contribution >= 4 is 23.2 Å². The Morgan fingerprint density at radius 3 is 2.73 bits per heavy atom. The molecule has 5 rings (SSSR count). The van der Waals surface area contributed by atoms with Gasteiger partial charge in [0.1, 0.15) is 5.76 Å². The van der Waals surface area contributed by atoms with Crippen molar-refractivity contribution in [2.24, 2.45) is 0 Å². The summed E-state index contributed by atoms with van der Waals surface area (Å²) >= 11 is 5.93. The molecule has 26 heavy (non-hydrogen) atoms. The van der Waals surface area contributed by atoms with E-state index in [4.69, 9.17) is 16.0 Å². The zero-order valence-electron chi connectivity index (χ0n) is 13.6. The van der Waals surface area contributed by atoms with Crippen LogP contribution >= 0.6 is 11.6 Å². The number of rotatable bonds is 2. The van der Waals surface area contributed by atoms with Crippen LogP contribution in [0, 0.1) is 0 Å². The Morgan fingerprint density at radius 2 is 1.96 bits per heavy atom. The monoisotopic (exact) mass is 364 g/mol. The molecule has 0 N–H and O–H groups in total. The SMILES string of the molecule is O=C1C[C@H](c2ccco2)Cc2nc3nc(-c4ccc(Cl)cc4)nn3cc21. The number of ketones is 1. The molecule has 0 amide bonds.